The molecule has 1 fully saturated rings. The van der Waals surface area contributed by atoms with Crippen molar-refractivity contribution in [1.82, 2.24) is 24.9 Å². The minimum atomic E-state index is -1.21. The zero-order valence-corrected chi connectivity index (χ0v) is 21.1. The zero-order valence-electron chi connectivity index (χ0n) is 21.1. The largest absolute Gasteiger partial charge is 0.492 e. The van der Waals surface area contributed by atoms with Gasteiger partial charge in [0.15, 0.2) is 17.1 Å². The highest BCUT2D eigenvalue weighted by Crippen LogP contribution is 2.26. The molecule has 1 aliphatic rings. The van der Waals surface area contributed by atoms with Crippen LogP contribution in [-0.4, -0.2) is 100 Å². The van der Waals surface area contributed by atoms with Crippen LogP contribution in [0.1, 0.15) is 40.7 Å². The summed E-state index contributed by atoms with van der Waals surface area (Å²) in [4.78, 5) is 64.9. The van der Waals surface area contributed by atoms with Crippen LogP contribution in [0, 0.1) is 0 Å². The van der Waals surface area contributed by atoms with E-state index in [9.17, 15) is 29.1 Å². The van der Waals surface area contributed by atoms with Gasteiger partial charge in [-0.3, -0.25) is 19.2 Å². The summed E-state index contributed by atoms with van der Waals surface area (Å²) in [6.45, 7) is 2.71. The number of aromatic nitrogens is 2. The molecule has 0 radical (unpaired) electrons. The average molecular weight is 531 g/mol. The highest BCUT2D eigenvalue weighted by Gasteiger charge is 2.34. The lowest BCUT2D eigenvalue weighted by molar-refractivity contribution is -0.138. The van der Waals surface area contributed by atoms with Crippen LogP contribution in [0.3, 0.4) is 0 Å². The molecule has 1 aliphatic heterocycles. The van der Waals surface area contributed by atoms with Gasteiger partial charge in [0.1, 0.15) is 6.04 Å². The lowest BCUT2D eigenvalue weighted by Gasteiger charge is -2.35. The Morgan fingerprint density at radius 3 is 2.26 bits per heavy atom. The van der Waals surface area contributed by atoms with Crippen LogP contribution in [0.5, 0.6) is 5.75 Å². The van der Waals surface area contributed by atoms with Gasteiger partial charge in [-0.2, -0.15) is 5.10 Å². The van der Waals surface area contributed by atoms with Crippen LogP contribution in [0.4, 0.5) is 4.79 Å². The molecule has 2 heterocycles. The number of para-hydroxylation sites is 1. The number of aliphatic carboxylic acids is 1. The fourth-order valence-corrected chi connectivity index (χ4v) is 4.01. The van der Waals surface area contributed by atoms with Gasteiger partial charge in [-0.1, -0.05) is 18.2 Å². The summed E-state index contributed by atoms with van der Waals surface area (Å²) in [6, 6.07) is 7.25. The van der Waals surface area contributed by atoms with Crippen LogP contribution in [0.15, 0.2) is 30.3 Å². The van der Waals surface area contributed by atoms with Gasteiger partial charge in [0.25, 0.3) is 11.8 Å². The van der Waals surface area contributed by atoms with E-state index >= 15 is 0 Å². The predicted molar refractivity (Wildman–Crippen MR) is 132 cm³/mol. The second kappa shape index (κ2) is 12.6. The number of hydrogen-bond donors (Lipinski definition) is 3. The number of primary amides is 1. The molecule has 4 N–H and O–H groups in total. The van der Waals surface area contributed by atoms with Gasteiger partial charge in [-0.25, -0.2) is 9.48 Å². The summed E-state index contributed by atoms with van der Waals surface area (Å²) < 4.78 is 11.4. The van der Waals surface area contributed by atoms with E-state index in [0.717, 1.165) is 0 Å². The van der Waals surface area contributed by atoms with Gasteiger partial charge >= 0.3 is 12.1 Å². The number of nitrogens with two attached hydrogens (primary N) is 1. The third kappa shape index (κ3) is 6.38. The fraction of sp³-hybridized carbons (Fsp3) is 0.417. The number of carboxylic acid groups (broad SMARTS) is 1. The highest BCUT2D eigenvalue weighted by atomic mass is 16.6. The molecule has 4 amide bonds. The van der Waals surface area contributed by atoms with Crippen molar-refractivity contribution in [2.24, 2.45) is 5.73 Å². The molecular formula is C24H30N6O8. The molecule has 204 valence electrons. The molecule has 0 unspecified atom stereocenters. The van der Waals surface area contributed by atoms with E-state index in [4.69, 9.17) is 15.2 Å². The van der Waals surface area contributed by atoms with E-state index in [1.165, 1.54) is 21.6 Å². The summed E-state index contributed by atoms with van der Waals surface area (Å²) >= 11 is 0. The van der Waals surface area contributed by atoms with Gasteiger partial charge in [-0.15, -0.1) is 0 Å². The minimum absolute atomic E-state index is 0.174. The quantitative estimate of drug-likeness (QED) is 0.387. The molecule has 1 aromatic heterocycles. The fourth-order valence-electron chi connectivity index (χ4n) is 4.01. The second-order valence-electron chi connectivity index (χ2n) is 8.31. The molecule has 3 rings (SSSR count). The summed E-state index contributed by atoms with van der Waals surface area (Å²) in [5.74, 6) is -3.60. The maximum atomic E-state index is 13.3. The number of benzene rings is 1. The molecule has 14 heteroatoms. The van der Waals surface area contributed by atoms with E-state index in [0.29, 0.717) is 5.69 Å². The van der Waals surface area contributed by atoms with E-state index < -0.39 is 35.8 Å². The van der Waals surface area contributed by atoms with Gasteiger partial charge in [0, 0.05) is 32.6 Å². The van der Waals surface area contributed by atoms with E-state index in [2.05, 4.69) is 10.4 Å². The SMILES string of the molecule is CCOC(=O)N1CCN(C(=O)[C@H](CCC(=O)O)NC(=O)c2nn(-c3ccccc3)c(C(N)=O)c2OC)CC1. The number of hydrogen-bond acceptors (Lipinski definition) is 8. The minimum Gasteiger partial charge on any atom is -0.492 e. The zero-order chi connectivity index (χ0) is 27.8. The van der Waals surface area contributed by atoms with Crippen LogP contribution < -0.4 is 15.8 Å². The van der Waals surface area contributed by atoms with E-state index in [1.807, 2.05) is 0 Å². The first-order valence-electron chi connectivity index (χ1n) is 11.9. The number of nitrogens with one attached hydrogen (secondary N) is 1. The maximum Gasteiger partial charge on any atom is 0.409 e. The molecule has 0 spiro atoms. The number of carbonyl (C=O) groups excluding carboxylic acids is 4. The number of amides is 4. The highest BCUT2D eigenvalue weighted by molar-refractivity contribution is 6.03. The van der Waals surface area contributed by atoms with Gasteiger partial charge in [-0.05, 0) is 25.5 Å². The first kappa shape index (κ1) is 28.0. The monoisotopic (exact) mass is 530 g/mol. The molecule has 1 atom stereocenters. The Kier molecular flexibility index (Phi) is 9.24. The number of ether oxygens (including phenoxy) is 2. The number of carboxylic acids is 1. The van der Waals surface area contributed by atoms with Gasteiger partial charge < -0.3 is 35.4 Å². The standard InChI is InChI=1S/C24H30N6O8/c1-3-38-24(36)29-13-11-28(12-14-29)23(35)16(9-10-17(31)32)26-22(34)18-20(37-2)19(21(25)33)30(27-18)15-7-5-4-6-8-15/h4-8,16H,3,9-14H2,1-2H3,(H2,25,33)(H,26,34)(H,31,32)/t16-/m0/s1. The number of methoxy groups -OCH3 is 1. The lowest BCUT2D eigenvalue weighted by Crippen LogP contribution is -2.56. The third-order valence-electron chi connectivity index (χ3n) is 5.86. The molecule has 0 bridgehead atoms. The van der Waals surface area contributed by atoms with Crippen molar-refractivity contribution in [1.29, 1.82) is 0 Å². The molecule has 0 aliphatic carbocycles. The van der Waals surface area contributed by atoms with Crippen molar-refractivity contribution in [3.05, 3.63) is 41.7 Å². The van der Waals surface area contributed by atoms with Gasteiger partial charge in [0.05, 0.1) is 19.4 Å². The summed E-state index contributed by atoms with van der Waals surface area (Å²) in [6.07, 6.45) is -1.06. The van der Waals surface area contributed by atoms with E-state index in [-0.39, 0.29) is 62.8 Å². The molecular weight excluding hydrogens is 500 g/mol. The molecule has 38 heavy (non-hydrogen) atoms. The van der Waals surface area contributed by atoms with Crippen LogP contribution >= 0.6 is 0 Å². The Morgan fingerprint density at radius 2 is 1.71 bits per heavy atom. The van der Waals surface area contributed by atoms with Gasteiger partial charge in [0.2, 0.25) is 5.91 Å². The Balaban J connectivity index is 1.84. The van der Waals surface area contributed by atoms with Crippen molar-refractivity contribution >= 4 is 29.8 Å². The number of piperazine rings is 1. The molecule has 1 saturated heterocycles. The van der Waals surface area contributed by atoms with E-state index in [1.54, 1.807) is 37.3 Å². The Morgan fingerprint density at radius 1 is 1.08 bits per heavy atom. The topological polar surface area (TPSA) is 186 Å². The Labute approximate surface area is 218 Å². The normalized spacial score (nSPS) is 13.9. The van der Waals surface area contributed by atoms with Crippen LogP contribution in [0.2, 0.25) is 0 Å². The first-order valence-corrected chi connectivity index (χ1v) is 11.9. The summed E-state index contributed by atoms with van der Waals surface area (Å²) in [7, 11) is 1.24. The third-order valence-corrected chi connectivity index (χ3v) is 5.86. The predicted octanol–water partition coefficient (Wildman–Crippen LogP) is 0.244. The van der Waals surface area contributed by atoms with Crippen LogP contribution in [-0.2, 0) is 14.3 Å². The summed E-state index contributed by atoms with van der Waals surface area (Å²) in [5.41, 5.74) is 5.51. The smallest absolute Gasteiger partial charge is 0.409 e. The Bertz CT molecular complexity index is 1190. The Hall–Kier alpha value is -4.62. The average Bonchev–Trinajstić information content (AvgIpc) is 3.31. The second-order valence-corrected chi connectivity index (χ2v) is 8.31. The van der Waals surface area contributed by atoms with Crippen molar-refractivity contribution in [3.63, 3.8) is 0 Å². The summed E-state index contributed by atoms with van der Waals surface area (Å²) in [5, 5.41) is 15.9. The van der Waals surface area contributed by atoms with Crippen molar-refractivity contribution in [2.45, 2.75) is 25.8 Å². The number of carbonyl (C=O) groups is 5. The van der Waals surface area contributed by atoms with Crippen molar-refractivity contribution in [2.75, 3.05) is 39.9 Å². The molecule has 14 nitrogen and oxygen atoms in total. The number of rotatable bonds is 10. The first-order chi connectivity index (χ1) is 18.2. The van der Waals surface area contributed by atoms with Crippen molar-refractivity contribution < 1.29 is 38.6 Å². The number of nitrogens with zero attached hydrogens (tertiary/aromatic N) is 4. The van der Waals surface area contributed by atoms with Crippen LogP contribution in [0.25, 0.3) is 5.69 Å². The molecule has 0 saturated carbocycles. The molecule has 1 aromatic carbocycles. The van der Waals surface area contributed by atoms with Crippen molar-refractivity contribution in [3.8, 4) is 11.4 Å². The molecule has 2 aromatic rings. The maximum absolute atomic E-state index is 13.3. The lowest BCUT2D eigenvalue weighted by atomic mass is 10.1.